The Bertz CT molecular complexity index is 425. The molecule has 1 heterocycles. The molecule has 3 atom stereocenters. The molecule has 3 heteroatoms. The third kappa shape index (κ3) is 1.94. The summed E-state index contributed by atoms with van der Waals surface area (Å²) in [4.78, 5) is 23.6. The molecule has 1 aliphatic carbocycles. The molecule has 3 unspecified atom stereocenters. The van der Waals surface area contributed by atoms with E-state index in [1.807, 2.05) is 45.9 Å². The van der Waals surface area contributed by atoms with Crippen LogP contribution in [-0.2, 0) is 14.3 Å². The van der Waals surface area contributed by atoms with Crippen molar-refractivity contribution in [2.24, 2.45) is 23.2 Å². The van der Waals surface area contributed by atoms with Gasteiger partial charge in [0.15, 0.2) is 0 Å². The lowest BCUT2D eigenvalue weighted by Crippen LogP contribution is -2.38. The van der Waals surface area contributed by atoms with E-state index in [0.717, 1.165) is 5.57 Å². The Labute approximate surface area is 102 Å². The Kier molecular flexibility index (Phi) is 2.72. The maximum Gasteiger partial charge on any atom is 0.318 e. The number of cyclic esters (lactones) is 2. The second-order valence-corrected chi connectivity index (χ2v) is 5.75. The van der Waals surface area contributed by atoms with Gasteiger partial charge in [0.2, 0.25) is 0 Å². The predicted octanol–water partition coefficient (Wildman–Crippen LogP) is 2.48. The topological polar surface area (TPSA) is 43.4 Å². The number of carbonyl (C=O) groups excluding carboxylic acids is 2. The highest BCUT2D eigenvalue weighted by Crippen LogP contribution is 2.47. The van der Waals surface area contributed by atoms with Gasteiger partial charge in [-0.05, 0) is 19.3 Å². The Morgan fingerprint density at radius 1 is 1.29 bits per heavy atom. The van der Waals surface area contributed by atoms with E-state index < -0.39 is 0 Å². The molecule has 0 saturated carbocycles. The second kappa shape index (κ2) is 3.83. The number of hydrogen-bond acceptors (Lipinski definition) is 3. The lowest BCUT2D eigenvalue weighted by molar-refractivity contribution is -0.154. The van der Waals surface area contributed by atoms with E-state index in [2.05, 4.69) is 0 Å². The summed E-state index contributed by atoms with van der Waals surface area (Å²) in [5, 5.41) is 0. The van der Waals surface area contributed by atoms with E-state index in [9.17, 15) is 9.59 Å². The van der Waals surface area contributed by atoms with Crippen molar-refractivity contribution < 1.29 is 14.3 Å². The first-order chi connectivity index (χ1) is 7.83. The van der Waals surface area contributed by atoms with Gasteiger partial charge in [-0.3, -0.25) is 9.59 Å². The van der Waals surface area contributed by atoms with E-state index in [0.29, 0.717) is 0 Å². The molecule has 3 nitrogen and oxygen atoms in total. The molecule has 2 aliphatic rings. The average Bonchev–Trinajstić information content (AvgIpc) is 2.48. The number of rotatable bonds is 1. The Morgan fingerprint density at radius 2 is 1.94 bits per heavy atom. The third-order valence-corrected chi connectivity index (χ3v) is 3.58. The first-order valence-corrected chi connectivity index (χ1v) is 5.93. The maximum absolute atomic E-state index is 11.8. The van der Waals surface area contributed by atoms with Crippen molar-refractivity contribution in [1.29, 1.82) is 0 Å². The quantitative estimate of drug-likeness (QED) is 0.397. The normalized spacial score (nSPS) is 34.2. The minimum atomic E-state index is -0.375. The van der Waals surface area contributed by atoms with Gasteiger partial charge in [-0.15, -0.1) is 0 Å². The first kappa shape index (κ1) is 12.1. The van der Waals surface area contributed by atoms with Gasteiger partial charge in [0, 0.05) is 5.92 Å². The van der Waals surface area contributed by atoms with Crippen LogP contribution < -0.4 is 0 Å². The molecule has 1 saturated heterocycles. The van der Waals surface area contributed by atoms with Gasteiger partial charge >= 0.3 is 11.9 Å². The molecule has 2 rings (SSSR count). The molecule has 0 amide bonds. The minimum Gasteiger partial charge on any atom is -0.393 e. The van der Waals surface area contributed by atoms with Crippen LogP contribution in [0, 0.1) is 23.2 Å². The highest BCUT2D eigenvalue weighted by Gasteiger charge is 2.54. The van der Waals surface area contributed by atoms with Crippen LogP contribution in [0.5, 0.6) is 0 Å². The number of fused-ring (bicyclic) bond motifs is 1. The molecule has 1 aliphatic heterocycles. The molecule has 0 aromatic heterocycles. The van der Waals surface area contributed by atoms with Gasteiger partial charge in [-0.25, -0.2) is 0 Å². The predicted molar refractivity (Wildman–Crippen MR) is 63.9 cm³/mol. The van der Waals surface area contributed by atoms with Gasteiger partial charge < -0.3 is 4.74 Å². The van der Waals surface area contributed by atoms with Crippen LogP contribution in [0.4, 0.5) is 0 Å². The summed E-state index contributed by atoms with van der Waals surface area (Å²) in [6.07, 6.45) is 6.08. The Balaban J connectivity index is 2.45. The molecule has 0 radical (unpaired) electrons. The van der Waals surface area contributed by atoms with Crippen molar-refractivity contribution in [1.82, 2.24) is 0 Å². The summed E-state index contributed by atoms with van der Waals surface area (Å²) >= 11 is 0. The summed E-state index contributed by atoms with van der Waals surface area (Å²) < 4.78 is 4.81. The standard InChI is InChI=1S/C14H18O3/c1-8(2)7-9-5-6-14(3,4)11-10(9)12(15)17-13(11)16/h5-7,9-11H,1-4H3. The lowest BCUT2D eigenvalue weighted by Gasteiger charge is -2.35. The van der Waals surface area contributed by atoms with Gasteiger partial charge in [-0.1, -0.05) is 37.6 Å². The number of carbonyl (C=O) groups is 2. The molecular formula is C14H18O3. The molecular weight excluding hydrogens is 216 g/mol. The minimum absolute atomic E-state index is 0.0167. The first-order valence-electron chi connectivity index (χ1n) is 5.93. The van der Waals surface area contributed by atoms with Gasteiger partial charge in [0.05, 0.1) is 11.8 Å². The zero-order chi connectivity index (χ0) is 12.8. The summed E-state index contributed by atoms with van der Waals surface area (Å²) in [5.74, 6) is -1.46. The van der Waals surface area contributed by atoms with Gasteiger partial charge in [0.1, 0.15) is 0 Å². The van der Waals surface area contributed by atoms with E-state index in [1.54, 1.807) is 0 Å². The zero-order valence-electron chi connectivity index (χ0n) is 10.7. The molecule has 92 valence electrons. The van der Waals surface area contributed by atoms with Crippen molar-refractivity contribution in [3.05, 3.63) is 23.8 Å². The van der Waals surface area contributed by atoms with E-state index in [1.165, 1.54) is 0 Å². The van der Waals surface area contributed by atoms with Crippen molar-refractivity contribution >= 4 is 11.9 Å². The van der Waals surface area contributed by atoms with E-state index in [4.69, 9.17) is 4.74 Å². The lowest BCUT2D eigenvalue weighted by atomic mass is 9.64. The summed E-state index contributed by atoms with van der Waals surface area (Å²) in [6.45, 7) is 7.93. The molecule has 0 bridgehead atoms. The van der Waals surface area contributed by atoms with Gasteiger partial charge in [-0.2, -0.15) is 0 Å². The number of esters is 2. The molecule has 0 aromatic rings. The fourth-order valence-corrected chi connectivity index (χ4v) is 2.79. The molecule has 17 heavy (non-hydrogen) atoms. The van der Waals surface area contributed by atoms with Crippen molar-refractivity contribution in [2.45, 2.75) is 27.7 Å². The van der Waals surface area contributed by atoms with E-state index >= 15 is 0 Å². The Morgan fingerprint density at radius 3 is 2.53 bits per heavy atom. The summed E-state index contributed by atoms with van der Waals surface area (Å²) in [7, 11) is 0. The fraction of sp³-hybridized carbons (Fsp3) is 0.571. The van der Waals surface area contributed by atoms with Crippen LogP contribution >= 0.6 is 0 Å². The van der Waals surface area contributed by atoms with Gasteiger partial charge in [0.25, 0.3) is 0 Å². The van der Waals surface area contributed by atoms with Crippen molar-refractivity contribution in [2.75, 3.05) is 0 Å². The fourth-order valence-electron chi connectivity index (χ4n) is 2.79. The van der Waals surface area contributed by atoms with Crippen molar-refractivity contribution in [3.8, 4) is 0 Å². The summed E-state index contributed by atoms with van der Waals surface area (Å²) in [6, 6.07) is 0. The number of allylic oxidation sites excluding steroid dienone is 4. The molecule has 0 spiro atoms. The SMILES string of the molecule is CC(C)=CC1C=CC(C)(C)C2C(=O)OC(=O)C12. The summed E-state index contributed by atoms with van der Waals surface area (Å²) in [5.41, 5.74) is 0.838. The highest BCUT2D eigenvalue weighted by atomic mass is 16.6. The largest absolute Gasteiger partial charge is 0.393 e. The Hall–Kier alpha value is -1.38. The smallest absolute Gasteiger partial charge is 0.318 e. The second-order valence-electron chi connectivity index (χ2n) is 5.75. The molecule has 0 N–H and O–H groups in total. The van der Waals surface area contributed by atoms with Crippen LogP contribution in [0.25, 0.3) is 0 Å². The highest BCUT2D eigenvalue weighted by molar-refractivity contribution is 5.97. The third-order valence-electron chi connectivity index (χ3n) is 3.58. The monoisotopic (exact) mass is 234 g/mol. The van der Waals surface area contributed by atoms with E-state index in [-0.39, 0.29) is 35.1 Å². The molecule has 0 aromatic carbocycles. The van der Waals surface area contributed by atoms with Crippen LogP contribution in [0.1, 0.15) is 27.7 Å². The van der Waals surface area contributed by atoms with Crippen LogP contribution in [0.2, 0.25) is 0 Å². The van der Waals surface area contributed by atoms with Crippen LogP contribution in [-0.4, -0.2) is 11.9 Å². The zero-order valence-corrected chi connectivity index (χ0v) is 10.7. The van der Waals surface area contributed by atoms with Crippen molar-refractivity contribution in [3.63, 3.8) is 0 Å². The maximum atomic E-state index is 11.8. The number of hydrogen-bond donors (Lipinski definition) is 0. The average molecular weight is 234 g/mol. The molecule has 1 fully saturated rings. The number of ether oxygens (including phenoxy) is 1. The van der Waals surface area contributed by atoms with Crippen LogP contribution in [0.3, 0.4) is 0 Å². The van der Waals surface area contributed by atoms with Crippen LogP contribution in [0.15, 0.2) is 23.8 Å².